The van der Waals surface area contributed by atoms with Gasteiger partial charge in [-0.15, -0.1) is 5.06 Å². The van der Waals surface area contributed by atoms with Crippen LogP contribution in [0.15, 0.2) is 0 Å². The lowest BCUT2D eigenvalue weighted by Crippen LogP contribution is -2.54. The molecule has 0 unspecified atom stereocenters. The zero-order valence-corrected chi connectivity index (χ0v) is 20.9. The number of rotatable bonds is 5. The summed E-state index contributed by atoms with van der Waals surface area (Å²) in [7, 11) is 0. The molecular formula is C27H37NO7. The molecule has 0 aromatic rings. The summed E-state index contributed by atoms with van der Waals surface area (Å²) in [6.07, 6.45) is 8.39. The first-order chi connectivity index (χ1) is 16.6. The summed E-state index contributed by atoms with van der Waals surface area (Å²) in [6.45, 7) is 4.70. The second-order valence-corrected chi connectivity index (χ2v) is 12.0. The van der Waals surface area contributed by atoms with Crippen LogP contribution in [0.3, 0.4) is 0 Å². The molecule has 0 bridgehead atoms. The van der Waals surface area contributed by atoms with Gasteiger partial charge in [0.15, 0.2) is 0 Å². The summed E-state index contributed by atoms with van der Waals surface area (Å²) in [5.41, 5.74) is 0.199. The van der Waals surface area contributed by atoms with Crippen molar-refractivity contribution < 1.29 is 33.5 Å². The third-order valence-corrected chi connectivity index (χ3v) is 10.4. The minimum absolute atomic E-state index is 0.0371. The van der Waals surface area contributed by atoms with Crippen molar-refractivity contribution in [2.45, 2.75) is 103 Å². The van der Waals surface area contributed by atoms with Gasteiger partial charge >= 0.3 is 11.9 Å². The van der Waals surface area contributed by atoms with Crippen LogP contribution in [0.25, 0.3) is 0 Å². The highest BCUT2D eigenvalue weighted by atomic mass is 16.7. The molecule has 35 heavy (non-hydrogen) atoms. The van der Waals surface area contributed by atoms with Crippen LogP contribution in [0.4, 0.5) is 0 Å². The van der Waals surface area contributed by atoms with Crippen LogP contribution >= 0.6 is 0 Å². The van der Waals surface area contributed by atoms with Gasteiger partial charge in [-0.3, -0.25) is 19.2 Å². The number of amides is 2. The summed E-state index contributed by atoms with van der Waals surface area (Å²) in [6, 6.07) is 0. The second-order valence-electron chi connectivity index (χ2n) is 12.0. The maximum atomic E-state index is 12.6. The van der Waals surface area contributed by atoms with Crippen LogP contribution in [-0.4, -0.2) is 40.7 Å². The third kappa shape index (κ3) is 4.20. The molecule has 1 aliphatic heterocycles. The molecule has 0 aromatic carbocycles. The zero-order valence-electron chi connectivity index (χ0n) is 20.9. The number of imide groups is 1. The average Bonchev–Trinajstić information content (AvgIpc) is 3.31. The van der Waals surface area contributed by atoms with Crippen LogP contribution in [0.5, 0.6) is 0 Å². The maximum Gasteiger partial charge on any atom is 0.333 e. The van der Waals surface area contributed by atoms with Crippen molar-refractivity contribution in [3.05, 3.63) is 0 Å². The van der Waals surface area contributed by atoms with Gasteiger partial charge in [-0.2, -0.15) is 0 Å². The number of nitrogens with zero attached hydrogens (tertiary/aromatic N) is 1. The van der Waals surface area contributed by atoms with Gasteiger partial charge in [0.1, 0.15) is 11.9 Å². The number of hydrogen-bond donors (Lipinski definition) is 0. The summed E-state index contributed by atoms with van der Waals surface area (Å²) in [4.78, 5) is 64.8. The lowest BCUT2D eigenvalue weighted by Gasteiger charge is -2.60. The summed E-state index contributed by atoms with van der Waals surface area (Å²) in [5.74, 6) is 0.464. The maximum absolute atomic E-state index is 12.6. The Morgan fingerprint density at radius 1 is 0.829 bits per heavy atom. The molecule has 4 aliphatic carbocycles. The van der Waals surface area contributed by atoms with E-state index in [-0.39, 0.29) is 42.6 Å². The molecule has 0 aromatic heterocycles. The van der Waals surface area contributed by atoms with E-state index in [1.54, 1.807) is 0 Å². The van der Waals surface area contributed by atoms with Gasteiger partial charge in [0.05, 0.1) is 12.8 Å². The fourth-order valence-corrected chi connectivity index (χ4v) is 8.42. The molecule has 192 valence electrons. The molecule has 7 atom stereocenters. The van der Waals surface area contributed by atoms with E-state index in [0.717, 1.165) is 51.4 Å². The number of hydrogen-bond acceptors (Lipinski definition) is 7. The smallest absolute Gasteiger partial charge is 0.333 e. The molecule has 0 N–H and O–H groups in total. The number of esters is 1. The second kappa shape index (κ2) is 9.00. The van der Waals surface area contributed by atoms with E-state index in [9.17, 15) is 24.0 Å². The van der Waals surface area contributed by atoms with Crippen LogP contribution in [0.1, 0.15) is 97.3 Å². The monoisotopic (exact) mass is 487 g/mol. The quantitative estimate of drug-likeness (QED) is 0.428. The molecule has 2 amide bonds. The molecule has 5 fully saturated rings. The van der Waals surface area contributed by atoms with Gasteiger partial charge in [-0.05, 0) is 74.0 Å². The lowest BCUT2D eigenvalue weighted by atomic mass is 9.45. The summed E-state index contributed by atoms with van der Waals surface area (Å²) in [5, 5.41) is 0.506. The molecular weight excluding hydrogens is 450 g/mol. The van der Waals surface area contributed by atoms with Crippen molar-refractivity contribution >= 4 is 29.5 Å². The van der Waals surface area contributed by atoms with E-state index >= 15 is 0 Å². The third-order valence-electron chi connectivity index (χ3n) is 10.4. The molecule has 0 spiro atoms. The van der Waals surface area contributed by atoms with E-state index in [4.69, 9.17) is 9.57 Å². The number of carbonyl (C=O) groups excluding carboxylic acids is 5. The fraction of sp³-hybridized carbons (Fsp3) is 0.815. The zero-order chi connectivity index (χ0) is 25.0. The number of ether oxygens (including phenoxy) is 1. The van der Waals surface area contributed by atoms with Crippen molar-refractivity contribution in [1.29, 1.82) is 0 Å². The van der Waals surface area contributed by atoms with Gasteiger partial charge in [0.25, 0.3) is 11.8 Å². The summed E-state index contributed by atoms with van der Waals surface area (Å²) >= 11 is 0. The summed E-state index contributed by atoms with van der Waals surface area (Å²) < 4.78 is 5.93. The van der Waals surface area contributed by atoms with E-state index in [1.165, 1.54) is 6.42 Å². The molecule has 5 rings (SSSR count). The number of carbonyl (C=O) groups is 5. The van der Waals surface area contributed by atoms with Crippen LogP contribution < -0.4 is 0 Å². The Kier molecular flexibility index (Phi) is 6.29. The number of Topliss-reactive ketones (excluding diaryl/α,β-unsaturated/α-hetero) is 1. The number of hydroxylamine groups is 2. The first-order valence-electron chi connectivity index (χ1n) is 13.4. The Hall–Kier alpha value is -2.25. The molecule has 1 saturated heterocycles. The first-order valence-corrected chi connectivity index (χ1v) is 13.4. The molecule has 8 nitrogen and oxygen atoms in total. The molecule has 4 saturated carbocycles. The predicted molar refractivity (Wildman–Crippen MR) is 123 cm³/mol. The number of ketones is 1. The molecule has 8 heteroatoms. The fourth-order valence-electron chi connectivity index (χ4n) is 8.42. The minimum Gasteiger partial charge on any atom is -0.462 e. The lowest BCUT2D eigenvalue weighted by molar-refractivity contribution is -0.198. The number of fused-ring (bicyclic) bond motifs is 5. The highest BCUT2D eigenvalue weighted by Gasteiger charge is 2.61. The van der Waals surface area contributed by atoms with E-state index < -0.39 is 23.8 Å². The molecule has 5 aliphatic rings. The van der Waals surface area contributed by atoms with Crippen molar-refractivity contribution in [2.24, 2.45) is 34.5 Å². The van der Waals surface area contributed by atoms with Crippen molar-refractivity contribution in [3.8, 4) is 0 Å². The van der Waals surface area contributed by atoms with Crippen LogP contribution in [-0.2, 0) is 33.5 Å². The first kappa shape index (κ1) is 24.4. The van der Waals surface area contributed by atoms with E-state index in [0.29, 0.717) is 34.5 Å². The van der Waals surface area contributed by atoms with Crippen molar-refractivity contribution in [2.75, 3.05) is 0 Å². The SMILES string of the molecule is C[C@]12CCC(=O)C[C@@H]1CC[C@H]1[C@H]2CC[C@@]2(C)[C@@H]1CC[C@H]2OC(=O)CCC(=O)ON1C(=O)CCC1=O. The molecule has 0 radical (unpaired) electrons. The van der Waals surface area contributed by atoms with E-state index in [1.807, 2.05) is 0 Å². The van der Waals surface area contributed by atoms with Gasteiger partial charge < -0.3 is 9.57 Å². The minimum atomic E-state index is -0.780. The Morgan fingerprint density at radius 3 is 2.26 bits per heavy atom. The van der Waals surface area contributed by atoms with Gasteiger partial charge in [0.2, 0.25) is 0 Å². The normalized spacial score (nSPS) is 40.7. The van der Waals surface area contributed by atoms with Crippen LogP contribution in [0, 0.1) is 34.5 Å². The average molecular weight is 488 g/mol. The Balaban J connectivity index is 1.17. The Bertz CT molecular complexity index is 930. The van der Waals surface area contributed by atoms with Gasteiger partial charge in [-0.25, -0.2) is 4.79 Å². The van der Waals surface area contributed by atoms with Crippen LogP contribution in [0.2, 0.25) is 0 Å². The standard InChI is InChI=1S/C27H37NO7/c1-26-13-11-17(29)15-16(26)3-4-18-19-5-6-21(27(19,2)14-12-20(18)26)34-24(32)9-10-25(33)35-28-22(30)7-8-23(28)31/h16,18-21H,3-15H2,1-2H3/t16-,18+,19+,20+,21+,26-,27-/m0/s1. The molecule has 1 heterocycles. The highest BCUT2D eigenvalue weighted by molar-refractivity contribution is 6.01. The van der Waals surface area contributed by atoms with Crippen molar-refractivity contribution in [3.63, 3.8) is 0 Å². The van der Waals surface area contributed by atoms with Gasteiger partial charge in [0, 0.05) is 31.1 Å². The Labute approximate surface area is 206 Å². The van der Waals surface area contributed by atoms with Crippen molar-refractivity contribution in [1.82, 2.24) is 5.06 Å². The predicted octanol–water partition coefficient (Wildman–Crippen LogP) is 3.90. The van der Waals surface area contributed by atoms with Gasteiger partial charge in [-0.1, -0.05) is 13.8 Å². The largest absolute Gasteiger partial charge is 0.462 e. The Morgan fingerprint density at radius 2 is 1.51 bits per heavy atom. The highest BCUT2D eigenvalue weighted by Crippen LogP contribution is 2.66. The van der Waals surface area contributed by atoms with E-state index in [2.05, 4.69) is 13.8 Å². The topological polar surface area (TPSA) is 107 Å².